The molecule has 2 heterocycles. The normalized spacial score (nSPS) is 16.2. The van der Waals surface area contributed by atoms with Crippen molar-refractivity contribution in [3.05, 3.63) is 59.4 Å². The van der Waals surface area contributed by atoms with E-state index in [0.717, 1.165) is 61.7 Å². The minimum absolute atomic E-state index is 0.00746. The van der Waals surface area contributed by atoms with Crippen molar-refractivity contribution in [1.82, 2.24) is 19.8 Å². The van der Waals surface area contributed by atoms with Crippen molar-refractivity contribution in [1.29, 1.82) is 0 Å². The first-order valence-electron chi connectivity index (χ1n) is 9.59. The summed E-state index contributed by atoms with van der Waals surface area (Å²) in [6.07, 6.45) is 1.04. The molecule has 2 aromatic carbocycles. The van der Waals surface area contributed by atoms with Crippen LogP contribution in [0, 0.1) is 0 Å². The van der Waals surface area contributed by atoms with Crippen LogP contribution in [0.25, 0.3) is 11.0 Å². The number of aromatic amines is 1. The smallest absolute Gasteiger partial charge is 0.238 e. The molecule has 1 amide bonds. The van der Waals surface area contributed by atoms with Crippen molar-refractivity contribution >= 4 is 34.2 Å². The summed E-state index contributed by atoms with van der Waals surface area (Å²) in [4.78, 5) is 25.0. The van der Waals surface area contributed by atoms with Gasteiger partial charge in [-0.2, -0.15) is 0 Å². The van der Waals surface area contributed by atoms with Crippen molar-refractivity contribution in [2.24, 2.45) is 0 Å². The maximum Gasteiger partial charge on any atom is 0.238 e. The topological polar surface area (TPSA) is 64.3 Å². The van der Waals surface area contributed by atoms with Gasteiger partial charge in [0.05, 0.1) is 24.1 Å². The summed E-state index contributed by atoms with van der Waals surface area (Å²) >= 11 is 5.88. The first-order valence-corrected chi connectivity index (χ1v) is 9.97. The van der Waals surface area contributed by atoms with E-state index in [1.54, 1.807) is 12.1 Å². The number of para-hydroxylation sites is 2. The number of amides is 1. The number of H-pyrrole nitrogens is 1. The molecule has 0 unspecified atom stereocenters. The number of hydrogen-bond donors (Lipinski definition) is 2. The summed E-state index contributed by atoms with van der Waals surface area (Å²) < 4.78 is 0. The molecule has 3 aromatic rings. The van der Waals surface area contributed by atoms with Crippen molar-refractivity contribution < 1.29 is 4.79 Å². The number of rotatable bonds is 5. The van der Waals surface area contributed by atoms with Crippen LogP contribution >= 0.6 is 11.6 Å². The first-order chi connectivity index (χ1) is 13.7. The van der Waals surface area contributed by atoms with Crippen LogP contribution < -0.4 is 5.32 Å². The number of carbonyl (C=O) groups is 1. The number of carbonyl (C=O) groups excluding carboxylic acids is 1. The summed E-state index contributed by atoms with van der Waals surface area (Å²) in [5, 5.41) is 3.60. The highest BCUT2D eigenvalue weighted by atomic mass is 35.5. The SMILES string of the molecule is O=C(CN1CCCN(Cc2nc3ccccc3[nH]2)CC1)Nc1ccc(Cl)cc1. The van der Waals surface area contributed by atoms with Crippen molar-refractivity contribution in [2.75, 3.05) is 38.0 Å². The molecule has 146 valence electrons. The molecule has 2 N–H and O–H groups in total. The highest BCUT2D eigenvalue weighted by Crippen LogP contribution is 2.15. The van der Waals surface area contributed by atoms with Gasteiger partial charge in [-0.25, -0.2) is 4.98 Å². The van der Waals surface area contributed by atoms with Crippen LogP contribution in [0.15, 0.2) is 48.5 Å². The Balaban J connectivity index is 1.28. The van der Waals surface area contributed by atoms with Gasteiger partial charge in [-0.3, -0.25) is 14.6 Å². The summed E-state index contributed by atoms with van der Waals surface area (Å²) in [5.74, 6) is 1.00. The predicted octanol–water partition coefficient (Wildman–Crippen LogP) is 3.36. The average Bonchev–Trinajstić information content (AvgIpc) is 2.97. The zero-order chi connectivity index (χ0) is 19.3. The molecular weight excluding hydrogens is 374 g/mol. The Labute approximate surface area is 169 Å². The minimum atomic E-state index is 0.00746. The van der Waals surface area contributed by atoms with E-state index in [1.165, 1.54) is 0 Å². The zero-order valence-electron chi connectivity index (χ0n) is 15.7. The van der Waals surface area contributed by atoms with E-state index in [4.69, 9.17) is 11.6 Å². The number of halogens is 1. The van der Waals surface area contributed by atoms with Crippen LogP contribution in [0.3, 0.4) is 0 Å². The van der Waals surface area contributed by atoms with Gasteiger partial charge in [0.2, 0.25) is 5.91 Å². The van der Waals surface area contributed by atoms with E-state index in [9.17, 15) is 4.79 Å². The van der Waals surface area contributed by atoms with Gasteiger partial charge in [0, 0.05) is 23.8 Å². The molecule has 4 rings (SSSR count). The lowest BCUT2D eigenvalue weighted by Gasteiger charge is -2.20. The number of hydrogen-bond acceptors (Lipinski definition) is 4. The molecule has 0 radical (unpaired) electrons. The third-order valence-corrected chi connectivity index (χ3v) is 5.24. The van der Waals surface area contributed by atoms with E-state index in [2.05, 4.69) is 31.2 Å². The lowest BCUT2D eigenvalue weighted by molar-refractivity contribution is -0.117. The number of nitrogens with zero attached hydrogens (tertiary/aromatic N) is 3. The number of benzene rings is 2. The predicted molar refractivity (Wildman–Crippen MR) is 113 cm³/mol. The Bertz CT molecular complexity index is 906. The fraction of sp³-hybridized carbons (Fsp3) is 0.333. The van der Waals surface area contributed by atoms with Crippen LogP contribution in [-0.2, 0) is 11.3 Å². The summed E-state index contributed by atoms with van der Waals surface area (Å²) in [7, 11) is 0. The molecule has 1 aliphatic heterocycles. The molecule has 0 bridgehead atoms. The van der Waals surface area contributed by atoms with Gasteiger partial charge in [0.15, 0.2) is 0 Å². The minimum Gasteiger partial charge on any atom is -0.341 e. The lowest BCUT2D eigenvalue weighted by atomic mass is 10.3. The summed E-state index contributed by atoms with van der Waals surface area (Å²) in [6.45, 7) is 4.93. The van der Waals surface area contributed by atoms with Gasteiger partial charge in [-0.05, 0) is 55.9 Å². The first kappa shape index (κ1) is 18.9. The standard InChI is InChI=1S/C21H24ClN5O/c22-16-6-8-17(9-7-16)23-21(28)15-27-11-3-10-26(12-13-27)14-20-24-18-4-1-2-5-19(18)25-20/h1-2,4-9H,3,10-15H2,(H,23,28)(H,24,25). The quantitative estimate of drug-likeness (QED) is 0.692. The van der Waals surface area contributed by atoms with Crippen LogP contribution in [0.5, 0.6) is 0 Å². The third-order valence-electron chi connectivity index (χ3n) is 4.99. The molecule has 0 spiro atoms. The van der Waals surface area contributed by atoms with Gasteiger partial charge in [-0.15, -0.1) is 0 Å². The zero-order valence-corrected chi connectivity index (χ0v) is 16.5. The van der Waals surface area contributed by atoms with Gasteiger partial charge in [-0.1, -0.05) is 23.7 Å². The largest absolute Gasteiger partial charge is 0.341 e. The van der Waals surface area contributed by atoms with E-state index >= 15 is 0 Å². The number of nitrogens with one attached hydrogen (secondary N) is 2. The lowest BCUT2D eigenvalue weighted by Crippen LogP contribution is -2.36. The molecule has 1 aliphatic rings. The molecule has 0 atom stereocenters. The van der Waals surface area contributed by atoms with E-state index < -0.39 is 0 Å². The fourth-order valence-corrected chi connectivity index (χ4v) is 3.70. The number of fused-ring (bicyclic) bond motifs is 1. The molecule has 28 heavy (non-hydrogen) atoms. The van der Waals surface area contributed by atoms with Crippen LogP contribution in [0.4, 0.5) is 5.69 Å². The van der Waals surface area contributed by atoms with Crippen molar-refractivity contribution in [3.8, 4) is 0 Å². The van der Waals surface area contributed by atoms with E-state index in [0.29, 0.717) is 11.6 Å². The molecule has 6 nitrogen and oxygen atoms in total. The monoisotopic (exact) mass is 397 g/mol. The molecule has 0 aliphatic carbocycles. The molecular formula is C21H24ClN5O. The average molecular weight is 398 g/mol. The fourth-order valence-electron chi connectivity index (χ4n) is 3.57. The second kappa shape index (κ2) is 8.73. The number of imidazole rings is 1. The van der Waals surface area contributed by atoms with Crippen molar-refractivity contribution in [2.45, 2.75) is 13.0 Å². The summed E-state index contributed by atoms with van der Waals surface area (Å²) in [5.41, 5.74) is 2.86. The number of anilines is 1. The highest BCUT2D eigenvalue weighted by Gasteiger charge is 2.18. The maximum absolute atomic E-state index is 12.3. The third kappa shape index (κ3) is 4.90. The second-order valence-electron chi connectivity index (χ2n) is 7.16. The van der Waals surface area contributed by atoms with Crippen LogP contribution in [0.1, 0.15) is 12.2 Å². The van der Waals surface area contributed by atoms with Gasteiger partial charge >= 0.3 is 0 Å². The Morgan fingerprint density at radius 2 is 1.79 bits per heavy atom. The van der Waals surface area contributed by atoms with E-state index in [-0.39, 0.29) is 5.91 Å². The second-order valence-corrected chi connectivity index (χ2v) is 7.60. The molecule has 1 fully saturated rings. The van der Waals surface area contributed by atoms with Gasteiger partial charge < -0.3 is 10.3 Å². The highest BCUT2D eigenvalue weighted by molar-refractivity contribution is 6.30. The van der Waals surface area contributed by atoms with Crippen molar-refractivity contribution in [3.63, 3.8) is 0 Å². The maximum atomic E-state index is 12.3. The molecule has 1 saturated heterocycles. The van der Waals surface area contributed by atoms with Crippen LogP contribution in [0.2, 0.25) is 5.02 Å². The van der Waals surface area contributed by atoms with Gasteiger partial charge in [0.25, 0.3) is 0 Å². The Hall–Kier alpha value is -2.41. The molecule has 0 saturated carbocycles. The van der Waals surface area contributed by atoms with Crippen LogP contribution in [-0.4, -0.2) is 58.4 Å². The Morgan fingerprint density at radius 1 is 1.04 bits per heavy atom. The molecule has 7 heteroatoms. The summed E-state index contributed by atoms with van der Waals surface area (Å²) in [6, 6.07) is 15.3. The Morgan fingerprint density at radius 3 is 2.61 bits per heavy atom. The van der Waals surface area contributed by atoms with Gasteiger partial charge in [0.1, 0.15) is 5.82 Å². The van der Waals surface area contributed by atoms with E-state index in [1.807, 2.05) is 30.3 Å². The Kier molecular flexibility index (Phi) is 5.90. The molecule has 1 aromatic heterocycles. The number of aromatic nitrogens is 2.